The number of nitrogens with zero attached hydrogens (tertiary/aromatic N) is 4. The van der Waals surface area contributed by atoms with Crippen LogP contribution in [0, 0.1) is 11.6 Å². The number of azo groups is 1. The van der Waals surface area contributed by atoms with Gasteiger partial charge in [0.1, 0.15) is 12.2 Å². The number of hydrogen-bond donors (Lipinski definition) is 0. The first-order valence-corrected chi connectivity index (χ1v) is 11.1. The molecule has 2 aromatic rings. The van der Waals surface area contributed by atoms with E-state index in [1.54, 1.807) is 0 Å². The lowest BCUT2D eigenvalue weighted by Gasteiger charge is -2.05. The summed E-state index contributed by atoms with van der Waals surface area (Å²) in [5, 5.41) is 11.3. The van der Waals surface area contributed by atoms with Crippen molar-refractivity contribution >= 4 is 17.3 Å². The lowest BCUT2D eigenvalue weighted by molar-refractivity contribution is -0.144. The summed E-state index contributed by atoms with van der Waals surface area (Å²) in [6.07, 6.45) is 15.0. The number of benzene rings is 1. The van der Waals surface area contributed by atoms with Crippen molar-refractivity contribution in [3.63, 3.8) is 0 Å². The first-order chi connectivity index (χ1) is 15.1. The molecule has 0 amide bonds. The summed E-state index contributed by atoms with van der Waals surface area (Å²) in [5.74, 6) is -1.99. The van der Waals surface area contributed by atoms with Gasteiger partial charge >= 0.3 is 5.97 Å². The van der Waals surface area contributed by atoms with Crippen molar-refractivity contribution in [1.82, 2.24) is 9.78 Å². The minimum absolute atomic E-state index is 0.0542. The average Bonchev–Trinajstić information content (AvgIpc) is 3.18. The Morgan fingerprint density at radius 1 is 0.968 bits per heavy atom. The number of unbranched alkanes of at least 4 members (excludes halogenated alkanes) is 9. The molecule has 8 heteroatoms. The van der Waals surface area contributed by atoms with Crippen LogP contribution in [0.15, 0.2) is 40.8 Å². The number of esters is 1. The van der Waals surface area contributed by atoms with Crippen LogP contribution < -0.4 is 0 Å². The van der Waals surface area contributed by atoms with Gasteiger partial charge in [-0.2, -0.15) is 5.10 Å². The van der Waals surface area contributed by atoms with E-state index in [0.29, 0.717) is 6.61 Å². The van der Waals surface area contributed by atoms with Gasteiger partial charge in [-0.15, -0.1) is 10.2 Å². The van der Waals surface area contributed by atoms with Gasteiger partial charge in [-0.25, -0.2) is 8.78 Å². The number of carbonyl (C=O) groups excluding carboxylic acids is 1. The first kappa shape index (κ1) is 24.6. The average molecular weight is 435 g/mol. The maximum Gasteiger partial charge on any atom is 0.327 e. The van der Waals surface area contributed by atoms with Crippen LogP contribution in [0.4, 0.5) is 20.2 Å². The van der Waals surface area contributed by atoms with E-state index in [9.17, 15) is 13.6 Å². The number of hydrogen-bond acceptors (Lipinski definition) is 5. The minimum atomic E-state index is -0.799. The van der Waals surface area contributed by atoms with Crippen LogP contribution in [0.5, 0.6) is 0 Å². The zero-order chi connectivity index (χ0) is 22.3. The second-order valence-electron chi connectivity index (χ2n) is 7.57. The van der Waals surface area contributed by atoms with Crippen molar-refractivity contribution in [2.75, 3.05) is 6.61 Å². The molecule has 0 aliphatic heterocycles. The molecule has 0 spiro atoms. The summed E-state index contributed by atoms with van der Waals surface area (Å²) in [4.78, 5) is 11.9. The number of ether oxygens (including phenoxy) is 1. The molecule has 0 bridgehead atoms. The minimum Gasteiger partial charge on any atom is -0.464 e. The second-order valence-corrected chi connectivity index (χ2v) is 7.57. The summed E-state index contributed by atoms with van der Waals surface area (Å²) in [5.41, 5.74) is -0.184. The van der Waals surface area contributed by atoms with Crippen LogP contribution in [0.2, 0.25) is 0 Å². The third-order valence-electron chi connectivity index (χ3n) is 4.87. The van der Waals surface area contributed by atoms with Crippen LogP contribution in [0.1, 0.15) is 71.1 Å². The molecule has 0 unspecified atom stereocenters. The quantitative estimate of drug-likeness (QED) is 0.171. The highest BCUT2D eigenvalue weighted by Crippen LogP contribution is 2.24. The Balaban J connectivity index is 1.59. The molecule has 0 aliphatic carbocycles. The Morgan fingerprint density at radius 3 is 2.23 bits per heavy atom. The Labute approximate surface area is 182 Å². The molecule has 0 saturated carbocycles. The molecule has 0 aliphatic rings. The van der Waals surface area contributed by atoms with Gasteiger partial charge in [0.15, 0.2) is 17.3 Å². The van der Waals surface area contributed by atoms with E-state index in [1.807, 2.05) is 0 Å². The Morgan fingerprint density at radius 2 is 1.58 bits per heavy atom. The SMILES string of the molecule is CCCCCCCCCCCCOC(=O)Cn1cc(/N=N/c2c(F)cccc2F)cn1. The third kappa shape index (κ3) is 9.81. The maximum atomic E-state index is 13.5. The highest BCUT2D eigenvalue weighted by atomic mass is 19.1. The van der Waals surface area contributed by atoms with Crippen molar-refractivity contribution in [2.24, 2.45) is 10.2 Å². The molecule has 6 nitrogen and oxygen atoms in total. The summed E-state index contributed by atoms with van der Waals surface area (Å²) < 4.78 is 33.7. The Hall–Kier alpha value is -2.64. The van der Waals surface area contributed by atoms with Gasteiger partial charge in [-0.3, -0.25) is 9.48 Å². The van der Waals surface area contributed by atoms with Gasteiger partial charge in [0.25, 0.3) is 0 Å². The number of rotatable bonds is 15. The number of halogens is 2. The highest BCUT2D eigenvalue weighted by Gasteiger charge is 2.08. The van der Waals surface area contributed by atoms with Crippen molar-refractivity contribution in [3.8, 4) is 0 Å². The Kier molecular flexibility index (Phi) is 11.4. The van der Waals surface area contributed by atoms with Crippen molar-refractivity contribution in [3.05, 3.63) is 42.2 Å². The Bertz CT molecular complexity index is 803. The zero-order valence-corrected chi connectivity index (χ0v) is 18.2. The van der Waals surface area contributed by atoms with E-state index in [1.165, 1.54) is 74.5 Å². The van der Waals surface area contributed by atoms with E-state index < -0.39 is 17.3 Å². The molecule has 0 atom stereocenters. The van der Waals surface area contributed by atoms with E-state index in [2.05, 4.69) is 22.3 Å². The predicted molar refractivity (Wildman–Crippen MR) is 116 cm³/mol. The molecule has 0 fully saturated rings. The monoisotopic (exact) mass is 434 g/mol. The highest BCUT2D eigenvalue weighted by molar-refractivity contribution is 5.69. The van der Waals surface area contributed by atoms with Gasteiger partial charge in [0.05, 0.1) is 19.0 Å². The summed E-state index contributed by atoms with van der Waals surface area (Å²) >= 11 is 0. The topological polar surface area (TPSA) is 68.8 Å². The first-order valence-electron chi connectivity index (χ1n) is 11.1. The summed E-state index contributed by atoms with van der Waals surface area (Å²) in [7, 11) is 0. The molecule has 1 heterocycles. The molecule has 170 valence electrons. The summed E-state index contributed by atoms with van der Waals surface area (Å²) in [6.45, 7) is 2.57. The number of carbonyl (C=O) groups is 1. The largest absolute Gasteiger partial charge is 0.464 e. The van der Waals surface area contributed by atoms with Gasteiger partial charge in [-0.05, 0) is 18.6 Å². The van der Waals surface area contributed by atoms with Crippen molar-refractivity contribution < 1.29 is 18.3 Å². The van der Waals surface area contributed by atoms with Crippen LogP contribution >= 0.6 is 0 Å². The van der Waals surface area contributed by atoms with Crippen molar-refractivity contribution in [2.45, 2.75) is 77.7 Å². The fourth-order valence-electron chi connectivity index (χ4n) is 3.14. The molecule has 2 rings (SSSR count). The molecule has 0 radical (unpaired) electrons. The van der Waals surface area contributed by atoms with E-state index >= 15 is 0 Å². The van der Waals surface area contributed by atoms with Crippen LogP contribution in [-0.4, -0.2) is 22.4 Å². The van der Waals surface area contributed by atoms with Crippen molar-refractivity contribution in [1.29, 1.82) is 0 Å². The lowest BCUT2D eigenvalue weighted by Crippen LogP contribution is -2.14. The third-order valence-corrected chi connectivity index (χ3v) is 4.87. The van der Waals surface area contributed by atoms with E-state index in [4.69, 9.17) is 4.74 Å². The number of aromatic nitrogens is 2. The van der Waals surface area contributed by atoms with Crippen LogP contribution in [0.25, 0.3) is 0 Å². The smallest absolute Gasteiger partial charge is 0.327 e. The molecular formula is C23H32F2N4O2. The van der Waals surface area contributed by atoms with Crippen LogP contribution in [-0.2, 0) is 16.1 Å². The standard InChI is InChI=1S/C23H32F2N4O2/c1-2-3-4-5-6-7-8-9-10-11-15-31-22(30)18-29-17-19(16-26-29)27-28-23-20(24)13-12-14-21(23)25/h12-14,16-17H,2-11,15,18H2,1H3/b28-27+. The molecular weight excluding hydrogens is 402 g/mol. The predicted octanol–water partition coefficient (Wildman–Crippen LogP) is 7.04. The van der Waals surface area contributed by atoms with Crippen LogP contribution in [0.3, 0.4) is 0 Å². The zero-order valence-electron chi connectivity index (χ0n) is 18.2. The molecule has 0 saturated heterocycles. The fraction of sp³-hybridized carbons (Fsp3) is 0.565. The van der Waals surface area contributed by atoms with E-state index in [0.717, 1.165) is 25.0 Å². The molecule has 1 aromatic carbocycles. The van der Waals surface area contributed by atoms with Gasteiger partial charge in [0.2, 0.25) is 0 Å². The maximum absolute atomic E-state index is 13.5. The fourth-order valence-corrected chi connectivity index (χ4v) is 3.14. The van der Waals surface area contributed by atoms with Gasteiger partial charge in [0, 0.05) is 0 Å². The second kappa shape index (κ2) is 14.4. The molecule has 0 N–H and O–H groups in total. The molecule has 31 heavy (non-hydrogen) atoms. The molecule has 1 aromatic heterocycles. The van der Waals surface area contributed by atoms with E-state index in [-0.39, 0.29) is 18.2 Å². The van der Waals surface area contributed by atoms with Gasteiger partial charge < -0.3 is 4.74 Å². The lowest BCUT2D eigenvalue weighted by atomic mass is 10.1. The van der Waals surface area contributed by atoms with Gasteiger partial charge in [-0.1, -0.05) is 70.8 Å². The summed E-state index contributed by atoms with van der Waals surface area (Å²) in [6, 6.07) is 3.46. The normalized spacial score (nSPS) is 11.3.